The summed E-state index contributed by atoms with van der Waals surface area (Å²) in [6, 6.07) is 18.0. The van der Waals surface area contributed by atoms with Crippen molar-refractivity contribution in [3.05, 3.63) is 77.7 Å². The predicted octanol–water partition coefficient (Wildman–Crippen LogP) is 3.65. The molecule has 2 amide bonds. The van der Waals surface area contributed by atoms with Gasteiger partial charge in [0.05, 0.1) is 13.7 Å². The van der Waals surface area contributed by atoms with E-state index in [9.17, 15) is 9.59 Å². The van der Waals surface area contributed by atoms with Gasteiger partial charge in [-0.1, -0.05) is 24.3 Å². The number of para-hydroxylation sites is 2. The lowest BCUT2D eigenvalue weighted by molar-refractivity contribution is -0.119. The lowest BCUT2D eigenvalue weighted by atomic mass is 10.2. The Hall–Kier alpha value is -3.74. The van der Waals surface area contributed by atoms with E-state index < -0.39 is 0 Å². The van der Waals surface area contributed by atoms with Crippen LogP contribution in [0.1, 0.15) is 28.8 Å². The minimum Gasteiger partial charge on any atom is -0.493 e. The highest BCUT2D eigenvalue weighted by molar-refractivity contribution is 5.91. The molecule has 0 unspecified atom stereocenters. The molecule has 0 radical (unpaired) electrons. The normalized spacial score (nSPS) is 10.3. The van der Waals surface area contributed by atoms with Crippen LogP contribution in [0.15, 0.2) is 65.1 Å². The van der Waals surface area contributed by atoms with Crippen molar-refractivity contribution in [3.63, 3.8) is 0 Å². The first kappa shape index (κ1) is 20.0. The second-order valence-electron chi connectivity index (χ2n) is 6.26. The largest absolute Gasteiger partial charge is 0.493 e. The van der Waals surface area contributed by atoms with E-state index in [4.69, 9.17) is 13.9 Å². The van der Waals surface area contributed by atoms with Crippen LogP contribution >= 0.6 is 0 Å². The number of ether oxygens (including phenoxy) is 2. The lowest BCUT2D eigenvalue weighted by Gasteiger charge is -2.10. The minimum atomic E-state index is -0.326. The molecule has 0 bridgehead atoms. The second kappa shape index (κ2) is 9.45. The van der Waals surface area contributed by atoms with E-state index in [1.54, 1.807) is 19.2 Å². The van der Waals surface area contributed by atoms with E-state index in [1.807, 2.05) is 48.5 Å². The molecule has 2 aromatic carbocycles. The summed E-state index contributed by atoms with van der Waals surface area (Å²) in [5.41, 5.74) is 0.913. The van der Waals surface area contributed by atoms with E-state index in [0.29, 0.717) is 29.6 Å². The molecule has 0 aliphatic carbocycles. The molecule has 0 saturated heterocycles. The third-order valence-corrected chi connectivity index (χ3v) is 4.07. The van der Waals surface area contributed by atoms with Crippen molar-refractivity contribution in [2.45, 2.75) is 20.0 Å². The van der Waals surface area contributed by atoms with Crippen LogP contribution in [0.25, 0.3) is 0 Å². The molecule has 2 N–H and O–H groups in total. The fourth-order valence-electron chi connectivity index (χ4n) is 2.58. The quantitative estimate of drug-likeness (QED) is 0.609. The average Bonchev–Trinajstić information content (AvgIpc) is 3.21. The van der Waals surface area contributed by atoms with Crippen LogP contribution in [0.3, 0.4) is 0 Å². The zero-order valence-electron chi connectivity index (χ0n) is 16.2. The number of methoxy groups -OCH3 is 1. The van der Waals surface area contributed by atoms with Crippen LogP contribution in [-0.2, 0) is 17.9 Å². The van der Waals surface area contributed by atoms with Gasteiger partial charge in [0.1, 0.15) is 11.5 Å². The van der Waals surface area contributed by atoms with Gasteiger partial charge in [-0.25, -0.2) is 0 Å². The van der Waals surface area contributed by atoms with Crippen molar-refractivity contribution in [1.82, 2.24) is 10.6 Å². The summed E-state index contributed by atoms with van der Waals surface area (Å²) in [7, 11) is 1.59. The number of hydrogen-bond donors (Lipinski definition) is 2. The number of carbonyl (C=O) groups excluding carboxylic acids is 2. The van der Waals surface area contributed by atoms with E-state index in [1.165, 1.54) is 6.92 Å². The topological polar surface area (TPSA) is 89.8 Å². The van der Waals surface area contributed by atoms with Crippen LogP contribution in [0.4, 0.5) is 0 Å². The van der Waals surface area contributed by atoms with Crippen molar-refractivity contribution in [2.24, 2.45) is 0 Å². The van der Waals surface area contributed by atoms with E-state index in [-0.39, 0.29) is 24.1 Å². The van der Waals surface area contributed by atoms with Gasteiger partial charge in [0.25, 0.3) is 5.91 Å². The summed E-state index contributed by atoms with van der Waals surface area (Å²) in [5.74, 6) is 2.17. The maximum Gasteiger partial charge on any atom is 0.287 e. The SMILES string of the molecule is COc1ccccc1Oc1ccc(CNC(=O)c2ccc(CNC(C)=O)o2)cc1. The van der Waals surface area contributed by atoms with E-state index >= 15 is 0 Å². The Balaban J connectivity index is 1.53. The third kappa shape index (κ3) is 5.62. The standard InChI is InChI=1S/C22H22N2O5/c1-15(25)23-14-18-11-12-21(29-18)22(26)24-13-16-7-9-17(10-8-16)28-20-6-4-3-5-19(20)27-2/h3-12H,13-14H2,1-2H3,(H,23,25)(H,24,26). The number of nitrogens with one attached hydrogen (secondary N) is 2. The van der Waals surface area contributed by atoms with Gasteiger partial charge >= 0.3 is 0 Å². The summed E-state index contributed by atoms with van der Waals surface area (Å²) >= 11 is 0. The Bertz CT molecular complexity index is 979. The molecule has 7 heteroatoms. The zero-order valence-corrected chi connectivity index (χ0v) is 16.2. The number of carbonyl (C=O) groups is 2. The molecular weight excluding hydrogens is 372 g/mol. The summed E-state index contributed by atoms with van der Waals surface area (Å²) in [6.07, 6.45) is 0. The molecule has 3 rings (SSSR count). The Kier molecular flexibility index (Phi) is 6.52. The molecule has 0 atom stereocenters. The molecule has 7 nitrogen and oxygen atoms in total. The van der Waals surface area contributed by atoms with E-state index in [2.05, 4.69) is 10.6 Å². The number of amides is 2. The van der Waals surface area contributed by atoms with Crippen molar-refractivity contribution >= 4 is 11.8 Å². The van der Waals surface area contributed by atoms with Crippen LogP contribution in [-0.4, -0.2) is 18.9 Å². The Morgan fingerprint density at radius 2 is 1.62 bits per heavy atom. The molecule has 0 aliphatic heterocycles. The molecule has 0 aliphatic rings. The summed E-state index contributed by atoms with van der Waals surface area (Å²) in [4.78, 5) is 23.1. The van der Waals surface area contributed by atoms with Gasteiger partial charge in [0, 0.05) is 13.5 Å². The minimum absolute atomic E-state index is 0.162. The predicted molar refractivity (Wildman–Crippen MR) is 107 cm³/mol. The molecule has 3 aromatic rings. The number of rotatable bonds is 8. The smallest absolute Gasteiger partial charge is 0.287 e. The maximum absolute atomic E-state index is 12.2. The number of furan rings is 1. The molecule has 0 spiro atoms. The average molecular weight is 394 g/mol. The van der Waals surface area contributed by atoms with Crippen molar-refractivity contribution in [2.75, 3.05) is 7.11 Å². The van der Waals surface area contributed by atoms with Crippen LogP contribution in [0.5, 0.6) is 17.2 Å². The molecule has 29 heavy (non-hydrogen) atoms. The highest BCUT2D eigenvalue weighted by Gasteiger charge is 2.11. The number of hydrogen-bond acceptors (Lipinski definition) is 5. The van der Waals surface area contributed by atoms with Gasteiger partial charge in [-0.2, -0.15) is 0 Å². The van der Waals surface area contributed by atoms with Crippen molar-refractivity contribution in [3.8, 4) is 17.2 Å². The van der Waals surface area contributed by atoms with Gasteiger partial charge < -0.3 is 24.5 Å². The molecule has 0 saturated carbocycles. The summed E-state index contributed by atoms with van der Waals surface area (Å²) in [6.45, 7) is 2.01. The lowest BCUT2D eigenvalue weighted by Crippen LogP contribution is -2.22. The van der Waals surface area contributed by atoms with Gasteiger partial charge in [0.15, 0.2) is 17.3 Å². The monoisotopic (exact) mass is 394 g/mol. The molecule has 0 fully saturated rings. The third-order valence-electron chi connectivity index (χ3n) is 4.07. The molecule has 1 heterocycles. The molecule has 150 valence electrons. The maximum atomic E-state index is 12.2. The van der Waals surface area contributed by atoms with Gasteiger partial charge in [-0.05, 0) is 42.0 Å². The van der Waals surface area contributed by atoms with Gasteiger partial charge in [-0.15, -0.1) is 0 Å². The first-order chi connectivity index (χ1) is 14.0. The van der Waals surface area contributed by atoms with Crippen LogP contribution < -0.4 is 20.1 Å². The van der Waals surface area contributed by atoms with Crippen LogP contribution in [0.2, 0.25) is 0 Å². The Morgan fingerprint density at radius 3 is 2.31 bits per heavy atom. The van der Waals surface area contributed by atoms with Gasteiger partial charge in [-0.3, -0.25) is 9.59 Å². The summed E-state index contributed by atoms with van der Waals surface area (Å²) < 4.78 is 16.5. The first-order valence-corrected chi connectivity index (χ1v) is 9.06. The molecular formula is C22H22N2O5. The fourth-order valence-corrected chi connectivity index (χ4v) is 2.58. The van der Waals surface area contributed by atoms with E-state index in [0.717, 1.165) is 5.56 Å². The van der Waals surface area contributed by atoms with Crippen molar-refractivity contribution in [1.29, 1.82) is 0 Å². The van der Waals surface area contributed by atoms with Crippen LogP contribution in [0, 0.1) is 0 Å². The highest BCUT2D eigenvalue weighted by atomic mass is 16.5. The van der Waals surface area contributed by atoms with Gasteiger partial charge in [0.2, 0.25) is 5.91 Å². The number of benzene rings is 2. The Morgan fingerprint density at radius 1 is 0.897 bits per heavy atom. The fraction of sp³-hybridized carbons (Fsp3) is 0.182. The molecule has 1 aromatic heterocycles. The first-order valence-electron chi connectivity index (χ1n) is 9.06. The zero-order chi connectivity index (χ0) is 20.6. The Labute approximate surface area is 168 Å². The summed E-state index contributed by atoms with van der Waals surface area (Å²) in [5, 5.41) is 5.42. The highest BCUT2D eigenvalue weighted by Crippen LogP contribution is 2.30. The second-order valence-corrected chi connectivity index (χ2v) is 6.26. The van der Waals surface area contributed by atoms with Crippen molar-refractivity contribution < 1.29 is 23.5 Å².